The molecule has 0 bridgehead atoms. The first-order chi connectivity index (χ1) is 9.85. The van der Waals surface area contributed by atoms with E-state index in [1.807, 2.05) is 12.1 Å². The summed E-state index contributed by atoms with van der Waals surface area (Å²) >= 11 is 5.83. The minimum atomic E-state index is -0.553. The molecule has 3 heteroatoms. The Kier molecular flexibility index (Phi) is 4.48. The summed E-state index contributed by atoms with van der Waals surface area (Å²) in [7, 11) is 0. The monoisotopic (exact) mass is 304 g/mol. The molecule has 2 aromatic carbocycles. The third-order valence-corrected chi connectivity index (χ3v) is 4.22. The van der Waals surface area contributed by atoms with Crippen LogP contribution in [0.1, 0.15) is 48.7 Å². The van der Waals surface area contributed by atoms with Gasteiger partial charge in [0.15, 0.2) is 5.78 Å². The molecule has 110 valence electrons. The maximum absolute atomic E-state index is 13.7. The van der Waals surface area contributed by atoms with E-state index in [0.717, 1.165) is 12.0 Å². The molecule has 0 aliphatic carbocycles. The van der Waals surface area contributed by atoms with Gasteiger partial charge in [0.25, 0.3) is 0 Å². The van der Waals surface area contributed by atoms with E-state index in [2.05, 4.69) is 20.8 Å². The third-order valence-electron chi connectivity index (χ3n) is 3.99. The van der Waals surface area contributed by atoms with Crippen LogP contribution in [-0.4, -0.2) is 5.78 Å². The van der Waals surface area contributed by atoms with Crippen molar-refractivity contribution in [3.05, 3.63) is 70.0 Å². The van der Waals surface area contributed by atoms with Gasteiger partial charge in [-0.3, -0.25) is 4.79 Å². The van der Waals surface area contributed by atoms with Gasteiger partial charge < -0.3 is 0 Å². The molecular formula is C18H18ClFO. The van der Waals surface area contributed by atoms with Gasteiger partial charge in [0.05, 0.1) is 5.56 Å². The number of rotatable bonds is 4. The number of carbonyl (C=O) groups excluding carboxylic acids is 1. The first kappa shape index (κ1) is 15.7. The molecular weight excluding hydrogens is 287 g/mol. The summed E-state index contributed by atoms with van der Waals surface area (Å²) < 4.78 is 13.7. The highest BCUT2D eigenvalue weighted by atomic mass is 35.5. The summed E-state index contributed by atoms with van der Waals surface area (Å²) in [6, 6.07) is 11.4. The van der Waals surface area contributed by atoms with Crippen molar-refractivity contribution in [1.29, 1.82) is 0 Å². The lowest BCUT2D eigenvalue weighted by atomic mass is 9.82. The third kappa shape index (κ3) is 3.33. The molecule has 0 amide bonds. The zero-order chi connectivity index (χ0) is 15.6. The van der Waals surface area contributed by atoms with Gasteiger partial charge >= 0.3 is 0 Å². The van der Waals surface area contributed by atoms with E-state index in [1.54, 1.807) is 12.1 Å². The maximum atomic E-state index is 13.7. The highest BCUT2D eigenvalue weighted by Gasteiger charge is 2.19. The fourth-order valence-corrected chi connectivity index (χ4v) is 2.28. The van der Waals surface area contributed by atoms with Gasteiger partial charge in [0.2, 0.25) is 0 Å². The van der Waals surface area contributed by atoms with Crippen molar-refractivity contribution in [2.24, 2.45) is 0 Å². The van der Waals surface area contributed by atoms with Gasteiger partial charge in [-0.15, -0.1) is 0 Å². The molecule has 0 fully saturated rings. The second-order valence-corrected chi connectivity index (χ2v) is 6.20. The van der Waals surface area contributed by atoms with Gasteiger partial charge in [0, 0.05) is 10.6 Å². The molecule has 0 aromatic heterocycles. The molecule has 0 saturated carbocycles. The number of ketones is 1. The van der Waals surface area contributed by atoms with Crippen molar-refractivity contribution in [1.82, 2.24) is 0 Å². The van der Waals surface area contributed by atoms with Crippen molar-refractivity contribution in [2.45, 2.75) is 32.6 Å². The Hall–Kier alpha value is -1.67. The fourth-order valence-electron chi connectivity index (χ4n) is 2.10. The van der Waals surface area contributed by atoms with E-state index < -0.39 is 5.82 Å². The molecule has 21 heavy (non-hydrogen) atoms. The smallest absolute Gasteiger partial charge is 0.196 e. The number of hydrogen-bond donors (Lipinski definition) is 0. The number of carbonyl (C=O) groups is 1. The molecule has 2 aromatic rings. The zero-order valence-electron chi connectivity index (χ0n) is 12.4. The fraction of sp³-hybridized carbons (Fsp3) is 0.278. The second-order valence-electron chi connectivity index (χ2n) is 5.77. The molecule has 0 aliphatic rings. The normalized spacial score (nSPS) is 11.5. The van der Waals surface area contributed by atoms with Crippen molar-refractivity contribution in [3.8, 4) is 0 Å². The lowest BCUT2D eigenvalue weighted by Crippen LogP contribution is -2.15. The van der Waals surface area contributed by atoms with Gasteiger partial charge in [0.1, 0.15) is 5.82 Å². The standard InChI is InChI=1S/C18H18ClFO/c1-4-18(2,3)13-7-5-12(6-8-13)17(21)15-11-14(19)9-10-16(15)20/h5-11H,4H2,1-3H3. The minimum Gasteiger partial charge on any atom is -0.288 e. The van der Waals surface area contributed by atoms with Crippen LogP contribution in [0.3, 0.4) is 0 Å². The van der Waals surface area contributed by atoms with E-state index >= 15 is 0 Å². The number of benzene rings is 2. The Bertz CT molecular complexity index is 659. The summed E-state index contributed by atoms with van der Waals surface area (Å²) in [5, 5.41) is 0.350. The summed E-state index contributed by atoms with van der Waals surface area (Å²) in [6.45, 7) is 6.43. The summed E-state index contributed by atoms with van der Waals surface area (Å²) in [5.41, 5.74) is 1.69. The topological polar surface area (TPSA) is 17.1 Å². The molecule has 0 unspecified atom stereocenters. The number of hydrogen-bond acceptors (Lipinski definition) is 1. The number of halogens is 2. The Morgan fingerprint density at radius 3 is 2.33 bits per heavy atom. The average molecular weight is 305 g/mol. The lowest BCUT2D eigenvalue weighted by Gasteiger charge is -2.23. The van der Waals surface area contributed by atoms with Crippen molar-refractivity contribution >= 4 is 17.4 Å². The first-order valence-electron chi connectivity index (χ1n) is 6.95. The maximum Gasteiger partial charge on any atom is 0.196 e. The van der Waals surface area contributed by atoms with Gasteiger partial charge in [-0.2, -0.15) is 0 Å². The Labute approximate surface area is 129 Å². The van der Waals surface area contributed by atoms with E-state index in [9.17, 15) is 9.18 Å². The van der Waals surface area contributed by atoms with Gasteiger partial charge in [-0.05, 0) is 35.6 Å². The van der Waals surface area contributed by atoms with Crippen LogP contribution < -0.4 is 0 Å². The molecule has 0 heterocycles. The average Bonchev–Trinajstić information content (AvgIpc) is 2.49. The largest absolute Gasteiger partial charge is 0.288 e. The Morgan fingerprint density at radius 2 is 1.76 bits per heavy atom. The van der Waals surface area contributed by atoms with Crippen molar-refractivity contribution < 1.29 is 9.18 Å². The van der Waals surface area contributed by atoms with Crippen molar-refractivity contribution in [2.75, 3.05) is 0 Å². The van der Waals surface area contributed by atoms with Crippen LogP contribution >= 0.6 is 11.6 Å². The molecule has 2 rings (SSSR count). The van der Waals surface area contributed by atoms with Crippen molar-refractivity contribution in [3.63, 3.8) is 0 Å². The predicted molar refractivity (Wildman–Crippen MR) is 84.6 cm³/mol. The zero-order valence-corrected chi connectivity index (χ0v) is 13.2. The molecule has 1 nitrogen and oxygen atoms in total. The van der Waals surface area contributed by atoms with E-state index in [1.165, 1.54) is 18.2 Å². The highest BCUT2D eigenvalue weighted by Crippen LogP contribution is 2.27. The molecule has 0 saturated heterocycles. The Morgan fingerprint density at radius 1 is 1.14 bits per heavy atom. The van der Waals surface area contributed by atoms with E-state index in [-0.39, 0.29) is 16.8 Å². The first-order valence-corrected chi connectivity index (χ1v) is 7.33. The SMILES string of the molecule is CCC(C)(C)c1ccc(C(=O)c2cc(Cl)ccc2F)cc1. The van der Waals surface area contributed by atoms with Gasteiger partial charge in [-0.25, -0.2) is 4.39 Å². The molecule has 0 spiro atoms. The quantitative estimate of drug-likeness (QED) is 0.691. The molecule has 0 N–H and O–H groups in total. The van der Waals surface area contributed by atoms with Crippen LogP contribution in [0.25, 0.3) is 0 Å². The van der Waals surface area contributed by atoms with Crippen LogP contribution in [-0.2, 0) is 5.41 Å². The van der Waals surface area contributed by atoms with Crippen LogP contribution in [0.15, 0.2) is 42.5 Å². The van der Waals surface area contributed by atoms with Crippen LogP contribution in [0.2, 0.25) is 5.02 Å². The highest BCUT2D eigenvalue weighted by molar-refractivity contribution is 6.31. The lowest BCUT2D eigenvalue weighted by molar-refractivity contribution is 0.103. The summed E-state index contributed by atoms with van der Waals surface area (Å²) in [4.78, 5) is 12.4. The summed E-state index contributed by atoms with van der Waals surface area (Å²) in [5.74, 6) is -0.904. The predicted octanol–water partition coefficient (Wildman–Crippen LogP) is 5.40. The van der Waals surface area contributed by atoms with Crippen LogP contribution in [0.4, 0.5) is 4.39 Å². The molecule has 0 atom stereocenters. The second kappa shape index (κ2) is 5.98. The van der Waals surface area contributed by atoms with Gasteiger partial charge in [-0.1, -0.05) is 56.6 Å². The Balaban J connectivity index is 2.35. The minimum absolute atomic E-state index is 0.00463. The summed E-state index contributed by atoms with van der Waals surface area (Å²) in [6.07, 6.45) is 1.00. The molecule has 0 radical (unpaired) electrons. The van der Waals surface area contributed by atoms with E-state index in [0.29, 0.717) is 10.6 Å². The van der Waals surface area contributed by atoms with E-state index in [4.69, 9.17) is 11.6 Å². The van der Waals surface area contributed by atoms with Crippen LogP contribution in [0.5, 0.6) is 0 Å². The molecule has 0 aliphatic heterocycles. The van der Waals surface area contributed by atoms with Crippen LogP contribution in [0, 0.1) is 5.82 Å².